The van der Waals surface area contributed by atoms with E-state index in [-0.39, 0.29) is 42.8 Å². The smallest absolute Gasteiger partial charge is 0.274 e. The van der Waals surface area contributed by atoms with Crippen LogP contribution in [0.5, 0.6) is 23.0 Å². The molecule has 0 spiro atoms. The van der Waals surface area contributed by atoms with Crippen molar-refractivity contribution in [2.75, 3.05) is 33.9 Å². The second-order valence-electron chi connectivity index (χ2n) is 13.3. The molecule has 2 aromatic carbocycles. The topological polar surface area (TPSA) is 215 Å². The summed E-state index contributed by atoms with van der Waals surface area (Å²) in [5.74, 6) is -1.84. The van der Waals surface area contributed by atoms with E-state index in [9.17, 15) is 29.1 Å². The van der Waals surface area contributed by atoms with Crippen LogP contribution in [0, 0.1) is 5.92 Å². The monoisotopic (exact) mass is 758 g/mol. The van der Waals surface area contributed by atoms with Gasteiger partial charge in [-0.3, -0.25) is 28.4 Å². The van der Waals surface area contributed by atoms with Gasteiger partial charge in [-0.1, -0.05) is 19.9 Å². The van der Waals surface area contributed by atoms with E-state index in [1.165, 1.54) is 44.5 Å². The molecule has 0 aliphatic carbocycles. The number of hydrogen-bond donors (Lipinski definition) is 5. The molecular weight excluding hydrogens is 712 g/mol. The van der Waals surface area contributed by atoms with Crippen molar-refractivity contribution < 1.29 is 43.3 Å². The molecule has 0 saturated carbocycles. The van der Waals surface area contributed by atoms with Crippen molar-refractivity contribution in [3.05, 3.63) is 77.9 Å². The molecule has 2 aromatic heterocycles. The third kappa shape index (κ3) is 9.85. The molecule has 292 valence electrons. The summed E-state index contributed by atoms with van der Waals surface area (Å²) in [7, 11) is 2.94. The zero-order valence-corrected chi connectivity index (χ0v) is 31.3. The van der Waals surface area contributed by atoms with Crippen LogP contribution in [-0.4, -0.2) is 106 Å². The SMILES string of the molecule is COc1ccc2cc1Oc1cccc(OC)c1CNC(=O)[C@@H](C(C)C)NC(=O)[C@H]([C@@H](C)O)NC(=O)CN(C(=O)c1cn3cccnc3n1)CCCCNC2=O. The van der Waals surface area contributed by atoms with E-state index in [0.29, 0.717) is 41.2 Å². The fraction of sp³-hybridized carbons (Fsp3) is 0.395. The predicted octanol–water partition coefficient (Wildman–Crippen LogP) is 1.83. The minimum absolute atomic E-state index is 0.0464. The molecule has 0 saturated heterocycles. The van der Waals surface area contributed by atoms with Gasteiger partial charge in [0.1, 0.15) is 29.3 Å². The van der Waals surface area contributed by atoms with Crippen LogP contribution in [0.15, 0.2) is 61.1 Å². The number of rotatable bonds is 5. The average Bonchev–Trinajstić information content (AvgIpc) is 3.61. The minimum Gasteiger partial charge on any atom is -0.496 e. The van der Waals surface area contributed by atoms with E-state index in [1.54, 1.807) is 60.8 Å². The standard InChI is InChI=1S/C38H46N8O9/c1-22(2)32-35(50)41-19-25-27(53-4)10-8-11-28(25)55-30-18-24(12-13-29(30)54-5)34(49)39-14-6-7-16-45(21-31(48)43-33(23(3)47)36(51)44-32)37(52)26-20-46-17-9-15-40-38(46)42-26/h8-13,15,17-18,20,22-23,32-33,47H,6-7,14,16,19,21H2,1-5H3,(H,39,49)(H,41,50)(H,43,48)(H,44,51)/t23-,32-,33+/m1/s1. The Morgan fingerprint density at radius 1 is 0.927 bits per heavy atom. The number of amides is 5. The van der Waals surface area contributed by atoms with Gasteiger partial charge in [0.25, 0.3) is 11.8 Å². The molecule has 17 nitrogen and oxygen atoms in total. The Balaban J connectivity index is 1.46. The molecule has 55 heavy (non-hydrogen) atoms. The number of aliphatic hydroxyl groups excluding tert-OH is 1. The summed E-state index contributed by atoms with van der Waals surface area (Å²) in [5, 5.41) is 21.5. The van der Waals surface area contributed by atoms with Crippen molar-refractivity contribution in [1.82, 2.24) is 40.5 Å². The second-order valence-corrected chi connectivity index (χ2v) is 13.3. The summed E-state index contributed by atoms with van der Waals surface area (Å²) in [5.41, 5.74) is 0.810. The van der Waals surface area contributed by atoms with Crippen LogP contribution in [0.3, 0.4) is 0 Å². The maximum Gasteiger partial charge on any atom is 0.274 e. The van der Waals surface area contributed by atoms with E-state index in [0.717, 1.165) is 0 Å². The third-order valence-corrected chi connectivity index (χ3v) is 8.94. The Hall–Kier alpha value is -6.23. The Bertz CT molecular complexity index is 2000. The number of aliphatic hydroxyl groups is 1. The quantitative estimate of drug-likeness (QED) is 0.198. The van der Waals surface area contributed by atoms with E-state index in [2.05, 4.69) is 31.2 Å². The Labute approximate surface area is 317 Å². The predicted molar refractivity (Wildman–Crippen MR) is 199 cm³/mol. The number of methoxy groups -OCH3 is 2. The van der Waals surface area contributed by atoms with Crippen LogP contribution in [0.4, 0.5) is 0 Å². The van der Waals surface area contributed by atoms with E-state index >= 15 is 0 Å². The van der Waals surface area contributed by atoms with E-state index in [1.807, 2.05) is 0 Å². The summed E-state index contributed by atoms with van der Waals surface area (Å²) >= 11 is 0. The van der Waals surface area contributed by atoms with Gasteiger partial charge < -0.3 is 45.5 Å². The van der Waals surface area contributed by atoms with Gasteiger partial charge in [-0.2, -0.15) is 0 Å². The Morgan fingerprint density at radius 2 is 1.71 bits per heavy atom. The number of aromatic nitrogens is 3. The second kappa shape index (κ2) is 18.2. The molecule has 3 heterocycles. The van der Waals surface area contributed by atoms with Crippen LogP contribution >= 0.6 is 0 Å². The van der Waals surface area contributed by atoms with Crippen LogP contribution in [0.1, 0.15) is 60.0 Å². The first-order valence-corrected chi connectivity index (χ1v) is 17.8. The van der Waals surface area contributed by atoms with Gasteiger partial charge in [-0.05, 0) is 62.1 Å². The number of hydrogen-bond acceptors (Lipinski definition) is 11. The number of ether oxygens (including phenoxy) is 3. The van der Waals surface area contributed by atoms with E-state index < -0.39 is 54.3 Å². The first kappa shape index (κ1) is 40.0. The molecule has 1 aliphatic rings. The molecule has 0 radical (unpaired) electrons. The van der Waals surface area contributed by atoms with Gasteiger partial charge in [0.15, 0.2) is 11.5 Å². The number of fused-ring (bicyclic) bond motifs is 4. The summed E-state index contributed by atoms with van der Waals surface area (Å²) in [6.07, 6.45) is 4.17. The summed E-state index contributed by atoms with van der Waals surface area (Å²) in [6, 6.07) is 8.96. The molecule has 2 bridgehead atoms. The summed E-state index contributed by atoms with van der Waals surface area (Å²) < 4.78 is 19.0. The fourth-order valence-electron chi connectivity index (χ4n) is 5.96. The number of carbonyl (C=O) groups excluding carboxylic acids is 5. The number of nitrogens with one attached hydrogen (secondary N) is 4. The summed E-state index contributed by atoms with van der Waals surface area (Å²) in [4.78, 5) is 77.4. The lowest BCUT2D eigenvalue weighted by Crippen LogP contribution is -2.59. The number of benzene rings is 2. The third-order valence-electron chi connectivity index (χ3n) is 8.94. The average molecular weight is 759 g/mol. The highest BCUT2D eigenvalue weighted by Crippen LogP contribution is 2.37. The Morgan fingerprint density at radius 3 is 2.42 bits per heavy atom. The van der Waals surface area contributed by atoms with Gasteiger partial charge in [0.2, 0.25) is 23.5 Å². The molecule has 5 amide bonds. The number of nitrogens with zero attached hydrogens (tertiary/aromatic N) is 4. The summed E-state index contributed by atoms with van der Waals surface area (Å²) in [6.45, 7) is 4.57. The van der Waals surface area contributed by atoms with Crippen molar-refractivity contribution in [3.8, 4) is 23.0 Å². The molecule has 0 unspecified atom stereocenters. The van der Waals surface area contributed by atoms with Gasteiger partial charge in [-0.25, -0.2) is 9.97 Å². The van der Waals surface area contributed by atoms with Crippen LogP contribution in [-0.2, 0) is 20.9 Å². The van der Waals surface area contributed by atoms with Gasteiger partial charge in [-0.15, -0.1) is 0 Å². The van der Waals surface area contributed by atoms with Crippen molar-refractivity contribution >= 4 is 35.3 Å². The zero-order chi connectivity index (χ0) is 39.6. The van der Waals surface area contributed by atoms with Crippen molar-refractivity contribution in [2.45, 2.75) is 58.3 Å². The number of carbonyl (C=O) groups is 5. The molecular formula is C38H46N8O9. The highest BCUT2D eigenvalue weighted by molar-refractivity contribution is 5.97. The molecule has 0 fully saturated rings. The first-order valence-electron chi connectivity index (χ1n) is 17.8. The lowest BCUT2D eigenvalue weighted by Gasteiger charge is -2.28. The highest BCUT2D eigenvalue weighted by atomic mass is 16.5. The molecule has 5 N–H and O–H groups in total. The normalized spacial score (nSPS) is 18.6. The molecule has 1 aliphatic heterocycles. The van der Waals surface area contributed by atoms with Gasteiger partial charge in [0.05, 0.1) is 39.0 Å². The lowest BCUT2D eigenvalue weighted by atomic mass is 10.0. The molecule has 3 atom stereocenters. The largest absolute Gasteiger partial charge is 0.496 e. The molecule has 17 heteroatoms. The lowest BCUT2D eigenvalue weighted by molar-refractivity contribution is -0.135. The van der Waals surface area contributed by atoms with Crippen molar-refractivity contribution in [2.24, 2.45) is 5.92 Å². The zero-order valence-electron chi connectivity index (χ0n) is 31.3. The van der Waals surface area contributed by atoms with Crippen molar-refractivity contribution in [1.29, 1.82) is 0 Å². The van der Waals surface area contributed by atoms with Gasteiger partial charge in [0, 0.05) is 37.2 Å². The molecule has 5 rings (SSSR count). The van der Waals surface area contributed by atoms with Crippen LogP contribution in [0.2, 0.25) is 0 Å². The first-order chi connectivity index (χ1) is 26.4. The molecule has 4 aromatic rings. The minimum atomic E-state index is -1.46. The fourth-order valence-corrected chi connectivity index (χ4v) is 5.96. The van der Waals surface area contributed by atoms with Crippen LogP contribution < -0.4 is 35.5 Å². The van der Waals surface area contributed by atoms with Gasteiger partial charge >= 0.3 is 0 Å². The number of imidazole rings is 1. The maximum absolute atomic E-state index is 13.7. The highest BCUT2D eigenvalue weighted by Gasteiger charge is 2.32. The maximum atomic E-state index is 13.7. The van der Waals surface area contributed by atoms with Crippen molar-refractivity contribution in [3.63, 3.8) is 0 Å². The van der Waals surface area contributed by atoms with E-state index in [4.69, 9.17) is 14.2 Å². The Kier molecular flexibility index (Phi) is 13.2. The van der Waals surface area contributed by atoms with Crippen LogP contribution in [0.25, 0.3) is 5.78 Å².